The van der Waals surface area contributed by atoms with E-state index in [9.17, 15) is 5.11 Å². The number of aromatic nitrogens is 2. The zero-order valence-electron chi connectivity index (χ0n) is 14.1. The summed E-state index contributed by atoms with van der Waals surface area (Å²) in [6.07, 6.45) is 0. The van der Waals surface area contributed by atoms with Gasteiger partial charge in [-0.2, -0.15) is 4.98 Å². The van der Waals surface area contributed by atoms with Crippen LogP contribution in [-0.2, 0) is 13.2 Å². The number of benzene rings is 2. The van der Waals surface area contributed by atoms with Crippen LogP contribution in [0.4, 0.5) is 0 Å². The molecule has 0 bridgehead atoms. The van der Waals surface area contributed by atoms with Crippen LogP contribution < -0.4 is 10.1 Å². The Hall–Kier alpha value is -2.70. The molecule has 0 aliphatic rings. The minimum Gasteiger partial charge on any atom is -0.485 e. The number of hydrogen-bond donors (Lipinski definition) is 2. The Morgan fingerprint density at radius 2 is 1.88 bits per heavy atom. The van der Waals surface area contributed by atoms with E-state index < -0.39 is 0 Å². The van der Waals surface area contributed by atoms with Gasteiger partial charge in [0.2, 0.25) is 11.7 Å². The molecule has 0 aliphatic heterocycles. The lowest BCUT2D eigenvalue weighted by Crippen LogP contribution is -2.23. The Bertz CT molecular complexity index is 772. The Morgan fingerprint density at radius 1 is 1.12 bits per heavy atom. The van der Waals surface area contributed by atoms with Gasteiger partial charge in [-0.15, -0.1) is 0 Å². The fraction of sp³-hybridized carbons (Fsp3) is 0.263. The normalized spacial score (nSPS) is 12.1. The number of aliphatic hydroxyl groups is 1. The molecule has 0 saturated heterocycles. The van der Waals surface area contributed by atoms with Gasteiger partial charge < -0.3 is 19.7 Å². The molecule has 6 nitrogen and oxygen atoms in total. The monoisotopic (exact) mass is 339 g/mol. The maximum Gasteiger partial charge on any atom is 0.223 e. The van der Waals surface area contributed by atoms with E-state index in [0.717, 1.165) is 16.9 Å². The van der Waals surface area contributed by atoms with Crippen LogP contribution in [0.15, 0.2) is 59.1 Å². The fourth-order valence-corrected chi connectivity index (χ4v) is 2.47. The van der Waals surface area contributed by atoms with Gasteiger partial charge in [0, 0.05) is 13.5 Å². The van der Waals surface area contributed by atoms with Crippen LogP contribution in [0, 0.1) is 6.92 Å². The molecule has 1 heterocycles. The molecule has 1 aromatic heterocycles. The lowest BCUT2D eigenvalue weighted by molar-refractivity contribution is 0.243. The maximum absolute atomic E-state index is 9.58. The van der Waals surface area contributed by atoms with Crippen LogP contribution in [0.3, 0.4) is 0 Å². The summed E-state index contributed by atoms with van der Waals surface area (Å²) in [5.74, 6) is 1.79. The lowest BCUT2D eigenvalue weighted by atomic mass is 10.1. The van der Waals surface area contributed by atoms with Crippen LogP contribution in [0.2, 0.25) is 0 Å². The smallest absolute Gasteiger partial charge is 0.223 e. The Labute approximate surface area is 146 Å². The molecule has 3 rings (SSSR count). The number of hydrogen-bond acceptors (Lipinski definition) is 6. The predicted octanol–water partition coefficient (Wildman–Crippen LogP) is 2.78. The molecule has 130 valence electrons. The van der Waals surface area contributed by atoms with Gasteiger partial charge in [0.05, 0.1) is 12.6 Å². The zero-order chi connectivity index (χ0) is 17.5. The van der Waals surface area contributed by atoms with E-state index >= 15 is 0 Å². The summed E-state index contributed by atoms with van der Waals surface area (Å²) >= 11 is 0. The van der Waals surface area contributed by atoms with Crippen LogP contribution in [0.1, 0.15) is 28.9 Å². The number of aliphatic hydroxyl groups excluding tert-OH is 1. The molecule has 1 unspecified atom stereocenters. The molecular formula is C19H21N3O3. The second-order valence-corrected chi connectivity index (χ2v) is 5.69. The molecule has 0 saturated carbocycles. The summed E-state index contributed by atoms with van der Waals surface area (Å²) in [4.78, 5) is 4.09. The average Bonchev–Trinajstić information content (AvgIpc) is 3.08. The third-order valence-electron chi connectivity index (χ3n) is 3.80. The molecule has 0 radical (unpaired) electrons. The van der Waals surface area contributed by atoms with Gasteiger partial charge in [0.1, 0.15) is 5.75 Å². The average molecular weight is 339 g/mol. The number of nitrogens with one attached hydrogen (secondary N) is 1. The van der Waals surface area contributed by atoms with Crippen molar-refractivity contribution in [2.45, 2.75) is 26.1 Å². The van der Waals surface area contributed by atoms with Crippen molar-refractivity contribution in [3.05, 3.63) is 77.4 Å². The molecule has 0 amide bonds. The quantitative estimate of drug-likeness (QED) is 0.657. The topological polar surface area (TPSA) is 80.4 Å². The van der Waals surface area contributed by atoms with Crippen LogP contribution in [0.25, 0.3) is 0 Å². The van der Waals surface area contributed by atoms with Crippen molar-refractivity contribution >= 4 is 0 Å². The molecule has 0 aliphatic carbocycles. The van der Waals surface area contributed by atoms with Gasteiger partial charge in [-0.1, -0.05) is 47.6 Å². The first kappa shape index (κ1) is 17.1. The number of ether oxygens (including phenoxy) is 1. The summed E-state index contributed by atoms with van der Waals surface area (Å²) in [7, 11) is 0. The van der Waals surface area contributed by atoms with Gasteiger partial charge in [-0.3, -0.25) is 0 Å². The molecule has 6 heteroatoms. The number of aryl methyl sites for hydroxylation is 1. The third kappa shape index (κ3) is 4.89. The second kappa shape index (κ2) is 8.41. The van der Waals surface area contributed by atoms with E-state index in [4.69, 9.17) is 9.26 Å². The highest BCUT2D eigenvalue weighted by Crippen LogP contribution is 2.16. The zero-order valence-corrected chi connectivity index (χ0v) is 14.1. The van der Waals surface area contributed by atoms with Crippen molar-refractivity contribution in [2.24, 2.45) is 0 Å². The van der Waals surface area contributed by atoms with Gasteiger partial charge >= 0.3 is 0 Å². The first-order valence-corrected chi connectivity index (χ1v) is 8.14. The van der Waals surface area contributed by atoms with E-state index in [2.05, 4.69) is 15.5 Å². The summed E-state index contributed by atoms with van der Waals surface area (Å²) in [6, 6.07) is 17.6. The summed E-state index contributed by atoms with van der Waals surface area (Å²) < 4.78 is 10.5. The standard InChI is InChI=1S/C19H21N3O3/c1-14-21-19(22-25-14)13-24-17-9-7-15(8-10-17)11-20-18(12-23)16-5-3-2-4-6-16/h2-10,18,20,23H,11-13H2,1H3. The van der Waals surface area contributed by atoms with E-state index in [1.807, 2.05) is 54.6 Å². The molecule has 25 heavy (non-hydrogen) atoms. The van der Waals surface area contributed by atoms with Crippen LogP contribution >= 0.6 is 0 Å². The first-order valence-electron chi connectivity index (χ1n) is 8.14. The van der Waals surface area contributed by atoms with Crippen molar-refractivity contribution in [3.63, 3.8) is 0 Å². The molecular weight excluding hydrogens is 318 g/mol. The molecule has 2 aromatic carbocycles. The Kier molecular flexibility index (Phi) is 5.77. The summed E-state index contributed by atoms with van der Waals surface area (Å²) in [6.45, 7) is 2.72. The largest absolute Gasteiger partial charge is 0.485 e. The van der Waals surface area contributed by atoms with Crippen molar-refractivity contribution in [1.82, 2.24) is 15.5 Å². The highest BCUT2D eigenvalue weighted by molar-refractivity contribution is 5.27. The third-order valence-corrected chi connectivity index (χ3v) is 3.80. The highest BCUT2D eigenvalue weighted by atomic mass is 16.5. The van der Waals surface area contributed by atoms with Crippen molar-refractivity contribution in [2.75, 3.05) is 6.61 Å². The summed E-state index contributed by atoms with van der Waals surface area (Å²) in [5, 5.41) is 16.7. The highest BCUT2D eigenvalue weighted by Gasteiger charge is 2.09. The minimum atomic E-state index is -0.0846. The first-order chi connectivity index (χ1) is 12.2. The number of nitrogens with zero attached hydrogens (tertiary/aromatic N) is 2. The Morgan fingerprint density at radius 3 is 2.52 bits per heavy atom. The van der Waals surface area contributed by atoms with Crippen molar-refractivity contribution in [3.8, 4) is 5.75 Å². The second-order valence-electron chi connectivity index (χ2n) is 5.69. The fourth-order valence-electron chi connectivity index (χ4n) is 2.47. The molecule has 0 spiro atoms. The van der Waals surface area contributed by atoms with Crippen LogP contribution in [-0.4, -0.2) is 21.9 Å². The molecule has 1 atom stereocenters. The molecule has 0 fully saturated rings. The van der Waals surface area contributed by atoms with Crippen LogP contribution in [0.5, 0.6) is 5.75 Å². The van der Waals surface area contributed by atoms with Gasteiger partial charge in [-0.25, -0.2) is 0 Å². The molecule has 3 aromatic rings. The van der Waals surface area contributed by atoms with Gasteiger partial charge in [0.25, 0.3) is 0 Å². The minimum absolute atomic E-state index is 0.0509. The predicted molar refractivity (Wildman–Crippen MR) is 92.9 cm³/mol. The Balaban J connectivity index is 1.51. The maximum atomic E-state index is 9.58. The number of rotatable bonds is 8. The van der Waals surface area contributed by atoms with E-state index in [1.54, 1.807) is 6.92 Å². The van der Waals surface area contributed by atoms with Gasteiger partial charge in [-0.05, 0) is 23.3 Å². The molecule has 2 N–H and O–H groups in total. The SMILES string of the molecule is Cc1nc(COc2ccc(CNC(CO)c3ccccc3)cc2)no1. The van der Waals surface area contributed by atoms with Crippen molar-refractivity contribution in [1.29, 1.82) is 0 Å². The lowest BCUT2D eigenvalue weighted by Gasteiger charge is -2.17. The van der Waals surface area contributed by atoms with Crippen molar-refractivity contribution < 1.29 is 14.4 Å². The van der Waals surface area contributed by atoms with E-state index in [1.165, 1.54) is 0 Å². The van der Waals surface area contributed by atoms with E-state index in [0.29, 0.717) is 18.3 Å². The van der Waals surface area contributed by atoms with Gasteiger partial charge in [0.15, 0.2) is 6.61 Å². The van der Waals surface area contributed by atoms with E-state index in [-0.39, 0.29) is 19.3 Å². The summed E-state index contributed by atoms with van der Waals surface area (Å²) in [5.41, 5.74) is 2.18.